The average Bonchev–Trinajstić information content (AvgIpc) is 3.18. The van der Waals surface area contributed by atoms with Gasteiger partial charge in [-0.2, -0.15) is 0 Å². The number of carbonyl (C=O) groups excluding carboxylic acids is 4. The average molecular weight is 744 g/mol. The Labute approximate surface area is 327 Å². The molecule has 0 saturated carbocycles. The van der Waals surface area contributed by atoms with Crippen LogP contribution >= 0.6 is 0 Å². The Morgan fingerprint density at radius 3 is 1.33 bits per heavy atom. The lowest BCUT2D eigenvalue weighted by Crippen LogP contribution is -2.04. The molecule has 0 aromatic heterocycles. The van der Waals surface area contributed by atoms with Gasteiger partial charge in [0.05, 0.1) is 26.4 Å². The highest BCUT2D eigenvalue weighted by molar-refractivity contribution is 5.66. The van der Waals surface area contributed by atoms with Crippen LogP contribution in [0.2, 0.25) is 0 Å². The van der Waals surface area contributed by atoms with Crippen LogP contribution in [-0.4, -0.2) is 50.3 Å². The fourth-order valence-corrected chi connectivity index (χ4v) is 4.63. The highest BCUT2D eigenvalue weighted by Gasteiger charge is 2.06. The first kappa shape index (κ1) is 41.5. The van der Waals surface area contributed by atoms with Crippen molar-refractivity contribution in [2.24, 2.45) is 0 Å². The van der Waals surface area contributed by atoms with Crippen LogP contribution in [0.4, 0.5) is 0 Å². The molecule has 0 heterocycles. The van der Waals surface area contributed by atoms with E-state index in [0.29, 0.717) is 37.7 Å². The standard InChI is InChI=1S/2C12H16O2.2C11H14O2/c2*1-10(8-9-14-11(2)13)12-6-4-3-5-7-12;2*1-10(12)13-9-5-8-11-6-3-2-4-7-11/h2*3-7,10H,8-9H2,1-2H3;2*2-4,6-7H,5,8-9H2,1H3/i10D;;8D2;. The number of benzene rings is 4. The third kappa shape index (κ3) is 26.5. The van der Waals surface area contributed by atoms with E-state index >= 15 is 0 Å². The van der Waals surface area contributed by atoms with E-state index in [1.807, 2.05) is 79.7 Å². The molecule has 4 rings (SSSR count). The zero-order chi connectivity index (χ0) is 42.5. The molecule has 4 aromatic rings. The van der Waals surface area contributed by atoms with E-state index in [4.69, 9.17) is 23.1 Å². The van der Waals surface area contributed by atoms with Crippen molar-refractivity contribution < 1.29 is 42.2 Å². The molecule has 292 valence electrons. The minimum Gasteiger partial charge on any atom is -0.466 e. The normalized spacial score (nSPS) is 12.6. The predicted molar refractivity (Wildman–Crippen MR) is 215 cm³/mol. The summed E-state index contributed by atoms with van der Waals surface area (Å²) in [7, 11) is 0. The number of aryl methyl sites for hydroxylation is 2. The van der Waals surface area contributed by atoms with E-state index in [1.54, 1.807) is 24.3 Å². The van der Waals surface area contributed by atoms with Crippen LogP contribution in [0, 0.1) is 0 Å². The van der Waals surface area contributed by atoms with Crippen LogP contribution in [0.3, 0.4) is 0 Å². The Hall–Kier alpha value is -5.24. The molecule has 0 aliphatic carbocycles. The second-order valence-electron chi connectivity index (χ2n) is 12.2. The first-order valence-corrected chi connectivity index (χ1v) is 18.3. The zero-order valence-electron chi connectivity index (χ0n) is 35.8. The van der Waals surface area contributed by atoms with Gasteiger partial charge < -0.3 is 18.9 Å². The van der Waals surface area contributed by atoms with Crippen molar-refractivity contribution in [2.75, 3.05) is 26.4 Å². The van der Waals surface area contributed by atoms with Gasteiger partial charge in [-0.1, -0.05) is 135 Å². The second-order valence-corrected chi connectivity index (χ2v) is 12.2. The van der Waals surface area contributed by atoms with Crippen molar-refractivity contribution in [3.63, 3.8) is 0 Å². The molecule has 2 unspecified atom stereocenters. The lowest BCUT2D eigenvalue weighted by atomic mass is 9.98. The van der Waals surface area contributed by atoms with Crippen molar-refractivity contribution in [1.29, 1.82) is 0 Å². The highest BCUT2D eigenvalue weighted by Crippen LogP contribution is 2.19. The summed E-state index contributed by atoms with van der Waals surface area (Å²) in [6, 6.07) is 38.9. The molecule has 0 fully saturated rings. The molecule has 0 N–H and O–H groups in total. The van der Waals surface area contributed by atoms with Crippen molar-refractivity contribution in [3.05, 3.63) is 144 Å². The maximum absolute atomic E-state index is 10.6. The van der Waals surface area contributed by atoms with E-state index in [0.717, 1.165) is 24.8 Å². The first-order valence-electron chi connectivity index (χ1n) is 19.8. The number of esters is 4. The topological polar surface area (TPSA) is 105 Å². The van der Waals surface area contributed by atoms with E-state index in [-0.39, 0.29) is 36.9 Å². The van der Waals surface area contributed by atoms with Crippen molar-refractivity contribution in [2.45, 2.75) is 91.8 Å². The highest BCUT2D eigenvalue weighted by atomic mass is 16.5. The van der Waals surface area contributed by atoms with Gasteiger partial charge in [0.2, 0.25) is 0 Å². The Bertz CT molecular complexity index is 1620. The molecule has 0 bridgehead atoms. The van der Waals surface area contributed by atoms with Gasteiger partial charge in [-0.15, -0.1) is 0 Å². The van der Waals surface area contributed by atoms with Gasteiger partial charge in [0.1, 0.15) is 0 Å². The van der Waals surface area contributed by atoms with Crippen LogP contribution in [-0.2, 0) is 50.9 Å². The summed E-state index contributed by atoms with van der Waals surface area (Å²) in [6.07, 6.45) is 1.98. The molecule has 8 heteroatoms. The molecule has 0 aliphatic rings. The fourth-order valence-electron chi connectivity index (χ4n) is 4.63. The van der Waals surface area contributed by atoms with Gasteiger partial charge in [0.25, 0.3) is 0 Å². The van der Waals surface area contributed by atoms with Gasteiger partial charge >= 0.3 is 23.9 Å². The molecule has 0 radical (unpaired) electrons. The van der Waals surface area contributed by atoms with E-state index in [9.17, 15) is 19.2 Å². The molecule has 2 atom stereocenters. The Morgan fingerprint density at radius 1 is 0.500 bits per heavy atom. The fraction of sp³-hybridized carbons (Fsp3) is 0.391. The zero-order valence-corrected chi connectivity index (χ0v) is 32.8. The summed E-state index contributed by atoms with van der Waals surface area (Å²) in [5, 5.41) is 0. The first-order chi connectivity index (χ1) is 27.0. The van der Waals surface area contributed by atoms with E-state index < -0.39 is 12.3 Å². The van der Waals surface area contributed by atoms with Crippen LogP contribution in [0.25, 0.3) is 0 Å². The maximum atomic E-state index is 10.6. The molecule has 0 amide bonds. The maximum Gasteiger partial charge on any atom is 0.302 e. The third-order valence-corrected chi connectivity index (χ3v) is 7.54. The van der Waals surface area contributed by atoms with Gasteiger partial charge in [-0.25, -0.2) is 0 Å². The summed E-state index contributed by atoms with van der Waals surface area (Å²) >= 11 is 0. The SMILES string of the molecule is CC(=O)OCCC(C)c1ccccc1.CC(=O)OCCCc1ccccc1.[2H]C(C)(CCOC(C)=O)c1ccccc1.[2H]C([2H])(CCOC(C)=O)c1ccccc1. The summed E-state index contributed by atoms with van der Waals surface area (Å²) < 4.78 is 43.0. The van der Waals surface area contributed by atoms with E-state index in [1.165, 1.54) is 38.8 Å². The number of rotatable bonds is 16. The van der Waals surface area contributed by atoms with Crippen LogP contribution in [0.1, 0.15) is 105 Å². The molecule has 8 nitrogen and oxygen atoms in total. The Morgan fingerprint density at radius 2 is 0.870 bits per heavy atom. The lowest BCUT2D eigenvalue weighted by Gasteiger charge is -2.11. The molecule has 4 aromatic carbocycles. The van der Waals surface area contributed by atoms with Gasteiger partial charge in [-0.05, 0) is 72.5 Å². The van der Waals surface area contributed by atoms with Gasteiger partial charge in [-0.3, -0.25) is 19.2 Å². The molecule has 0 aliphatic heterocycles. The minimum absolute atomic E-state index is 0.108. The minimum atomic E-state index is -1.45. The summed E-state index contributed by atoms with van der Waals surface area (Å²) in [4.78, 5) is 42.1. The van der Waals surface area contributed by atoms with Crippen molar-refractivity contribution in [3.8, 4) is 0 Å². The Balaban J connectivity index is 0.000000381. The summed E-state index contributed by atoms with van der Waals surface area (Å²) in [5.74, 6) is -1.33. The monoisotopic (exact) mass is 743 g/mol. The smallest absolute Gasteiger partial charge is 0.302 e. The van der Waals surface area contributed by atoms with Crippen molar-refractivity contribution >= 4 is 23.9 Å². The predicted octanol–water partition coefficient (Wildman–Crippen LogP) is 9.85. The van der Waals surface area contributed by atoms with Gasteiger partial charge in [0.15, 0.2) is 0 Å². The second kappa shape index (κ2) is 30.2. The van der Waals surface area contributed by atoms with Crippen LogP contribution in [0.15, 0.2) is 121 Å². The van der Waals surface area contributed by atoms with Crippen molar-refractivity contribution in [1.82, 2.24) is 0 Å². The van der Waals surface area contributed by atoms with Crippen LogP contribution in [0.5, 0.6) is 0 Å². The summed E-state index contributed by atoms with van der Waals surface area (Å²) in [6.45, 7) is 11.0. The van der Waals surface area contributed by atoms with Crippen LogP contribution < -0.4 is 0 Å². The molecular formula is C46H60O8. The summed E-state index contributed by atoms with van der Waals surface area (Å²) in [5.41, 5.74) is 4.13. The molecule has 0 saturated heterocycles. The number of carbonyl (C=O) groups is 4. The lowest BCUT2D eigenvalue weighted by molar-refractivity contribution is -0.142. The largest absolute Gasteiger partial charge is 0.466 e. The quantitative estimate of drug-likeness (QED) is 0.0635. The number of hydrogen-bond donors (Lipinski definition) is 0. The molecule has 54 heavy (non-hydrogen) atoms. The molecule has 0 spiro atoms. The van der Waals surface area contributed by atoms with E-state index in [2.05, 4.69) is 31.2 Å². The molecular weight excluding hydrogens is 680 g/mol. The number of hydrogen-bond acceptors (Lipinski definition) is 8. The Kier molecular flexibility index (Phi) is 23.3. The number of ether oxygens (including phenoxy) is 4. The van der Waals surface area contributed by atoms with Gasteiger partial charge in [0, 0.05) is 31.8 Å². The third-order valence-electron chi connectivity index (χ3n) is 7.54.